The molecule has 3 N–H and O–H groups in total. The van der Waals surface area contributed by atoms with Gasteiger partial charge in [-0.05, 0) is 24.3 Å². The molecule has 166 valence electrons. The molecule has 1 aromatic carbocycles. The molecule has 3 rings (SSSR count). The Labute approximate surface area is 174 Å². The summed E-state index contributed by atoms with van der Waals surface area (Å²) in [5.74, 6) is -2.70. The third-order valence-electron chi connectivity index (χ3n) is 4.56. The Morgan fingerprint density at radius 1 is 1.26 bits per heavy atom. The molecule has 0 spiro atoms. The molecule has 2 atom stereocenters. The van der Waals surface area contributed by atoms with Crippen molar-refractivity contribution in [2.45, 2.75) is 16.4 Å². The summed E-state index contributed by atoms with van der Waals surface area (Å²) in [5.41, 5.74) is -0.221. The minimum atomic E-state index is -5.52. The van der Waals surface area contributed by atoms with E-state index in [0.717, 1.165) is 28.9 Å². The van der Waals surface area contributed by atoms with E-state index in [1.54, 1.807) is 0 Å². The molecule has 1 aliphatic rings. The zero-order chi connectivity index (χ0) is 23.2. The predicted octanol–water partition coefficient (Wildman–Crippen LogP) is 1.13. The summed E-state index contributed by atoms with van der Waals surface area (Å²) in [6.45, 7) is 0. The Bertz CT molecular complexity index is 1280. The normalized spacial score (nSPS) is 20.8. The molecule has 2 heterocycles. The average molecular weight is 477 g/mol. The van der Waals surface area contributed by atoms with Crippen molar-refractivity contribution < 1.29 is 34.8 Å². The molecule has 1 unspecified atom stereocenters. The Kier molecular flexibility index (Phi) is 5.48. The van der Waals surface area contributed by atoms with Crippen molar-refractivity contribution in [1.82, 2.24) is 9.78 Å². The SMILES string of the molecule is N#CC1CS(=O)(=O)C[C@H]1n1cc(C(N)=O)c(Nc2ccc(S(=O)(=O)C(F)(F)F)cc2)n1. The molecule has 0 radical (unpaired) electrons. The fourth-order valence-electron chi connectivity index (χ4n) is 3.03. The van der Waals surface area contributed by atoms with Gasteiger partial charge in [0.1, 0.15) is 5.56 Å². The molecule has 1 aromatic heterocycles. The summed E-state index contributed by atoms with van der Waals surface area (Å²) in [6.07, 6.45) is 1.17. The number of nitrogens with one attached hydrogen (secondary N) is 1. The number of benzene rings is 1. The lowest BCUT2D eigenvalue weighted by atomic mass is 10.1. The first-order chi connectivity index (χ1) is 14.2. The number of nitrogens with two attached hydrogens (primary N) is 1. The van der Waals surface area contributed by atoms with Crippen molar-refractivity contribution in [2.24, 2.45) is 11.7 Å². The van der Waals surface area contributed by atoms with Crippen LogP contribution in [-0.2, 0) is 19.7 Å². The molecule has 1 fully saturated rings. The monoisotopic (exact) mass is 477 g/mol. The van der Waals surface area contributed by atoms with Crippen molar-refractivity contribution in [1.29, 1.82) is 5.26 Å². The number of nitrogens with zero attached hydrogens (tertiary/aromatic N) is 3. The number of primary amides is 1. The summed E-state index contributed by atoms with van der Waals surface area (Å²) in [5, 5.41) is 15.9. The maximum Gasteiger partial charge on any atom is 0.501 e. The van der Waals surface area contributed by atoms with Crippen molar-refractivity contribution in [2.75, 3.05) is 16.8 Å². The van der Waals surface area contributed by atoms with E-state index in [2.05, 4.69) is 10.4 Å². The summed E-state index contributed by atoms with van der Waals surface area (Å²) < 4.78 is 85.6. The van der Waals surface area contributed by atoms with Gasteiger partial charge < -0.3 is 11.1 Å². The highest BCUT2D eigenvalue weighted by atomic mass is 32.2. The molecule has 0 aliphatic carbocycles. The second-order valence-electron chi connectivity index (χ2n) is 6.71. The Balaban J connectivity index is 1.92. The lowest BCUT2D eigenvalue weighted by Crippen LogP contribution is -2.23. The number of nitriles is 1. The number of halogens is 3. The lowest BCUT2D eigenvalue weighted by molar-refractivity contribution is -0.0436. The van der Waals surface area contributed by atoms with Gasteiger partial charge in [-0.25, -0.2) is 16.8 Å². The van der Waals surface area contributed by atoms with Gasteiger partial charge in [0.05, 0.1) is 34.4 Å². The quantitative estimate of drug-likeness (QED) is 0.647. The number of aromatic nitrogens is 2. The van der Waals surface area contributed by atoms with E-state index in [1.807, 2.05) is 6.07 Å². The predicted molar refractivity (Wildman–Crippen MR) is 101 cm³/mol. The van der Waals surface area contributed by atoms with Crippen LogP contribution < -0.4 is 11.1 Å². The number of alkyl halides is 3. The Hall–Kier alpha value is -3.12. The van der Waals surface area contributed by atoms with Crippen LogP contribution in [0.1, 0.15) is 16.4 Å². The van der Waals surface area contributed by atoms with Crippen LogP contribution in [0.4, 0.5) is 24.7 Å². The minimum Gasteiger partial charge on any atom is -0.365 e. The smallest absolute Gasteiger partial charge is 0.365 e. The van der Waals surface area contributed by atoms with Gasteiger partial charge in [-0.2, -0.15) is 23.5 Å². The highest BCUT2D eigenvalue weighted by Crippen LogP contribution is 2.33. The van der Waals surface area contributed by atoms with Crippen molar-refractivity contribution in [3.63, 3.8) is 0 Å². The van der Waals surface area contributed by atoms with Gasteiger partial charge in [0.2, 0.25) is 0 Å². The second-order valence-corrected chi connectivity index (χ2v) is 10.8. The van der Waals surface area contributed by atoms with Crippen LogP contribution in [0.15, 0.2) is 35.4 Å². The maximum absolute atomic E-state index is 12.6. The van der Waals surface area contributed by atoms with E-state index in [4.69, 9.17) is 5.73 Å². The lowest BCUT2D eigenvalue weighted by Gasteiger charge is -2.12. The van der Waals surface area contributed by atoms with Gasteiger partial charge in [0.25, 0.3) is 15.7 Å². The van der Waals surface area contributed by atoms with Gasteiger partial charge >= 0.3 is 5.51 Å². The van der Waals surface area contributed by atoms with Gasteiger partial charge in [0, 0.05) is 11.9 Å². The number of hydrogen-bond donors (Lipinski definition) is 2. The molecule has 31 heavy (non-hydrogen) atoms. The van der Waals surface area contributed by atoms with Crippen LogP contribution in [0.5, 0.6) is 0 Å². The van der Waals surface area contributed by atoms with E-state index < -0.39 is 47.9 Å². The van der Waals surface area contributed by atoms with E-state index in [9.17, 15) is 40.1 Å². The number of hydrogen-bond acceptors (Lipinski definition) is 8. The molecule has 0 bridgehead atoms. The van der Waals surface area contributed by atoms with Crippen LogP contribution in [-0.4, -0.2) is 49.5 Å². The van der Waals surface area contributed by atoms with Gasteiger partial charge in [-0.15, -0.1) is 0 Å². The van der Waals surface area contributed by atoms with Crippen LogP contribution in [0.2, 0.25) is 0 Å². The summed E-state index contributed by atoms with van der Waals surface area (Å²) in [6, 6.07) is 4.53. The van der Waals surface area contributed by atoms with Crippen LogP contribution in [0.3, 0.4) is 0 Å². The number of anilines is 2. The zero-order valence-electron chi connectivity index (χ0n) is 15.4. The van der Waals surface area contributed by atoms with Gasteiger partial charge in [-0.3, -0.25) is 9.48 Å². The Morgan fingerprint density at radius 2 is 1.87 bits per heavy atom. The number of sulfone groups is 2. The highest BCUT2D eigenvalue weighted by Gasteiger charge is 2.46. The standard InChI is InChI=1S/C16H14F3N5O5S2/c17-16(18,19)31(28,29)11-3-1-10(2-4-11)22-15-12(14(21)25)6-24(23-15)13-8-30(26,27)7-9(13)5-20/h1-4,6,9,13H,7-8H2,(H2,21,25)(H,22,23)/t9?,13-/m1/s1. The van der Waals surface area contributed by atoms with E-state index in [0.29, 0.717) is 0 Å². The van der Waals surface area contributed by atoms with Gasteiger partial charge in [-0.1, -0.05) is 0 Å². The largest absolute Gasteiger partial charge is 0.501 e. The number of rotatable bonds is 5. The topological polar surface area (TPSA) is 165 Å². The number of carbonyl (C=O) groups is 1. The van der Waals surface area contributed by atoms with Crippen molar-refractivity contribution >= 4 is 37.1 Å². The first kappa shape index (κ1) is 22.6. The molecule has 15 heteroatoms. The molecule has 10 nitrogen and oxygen atoms in total. The first-order valence-electron chi connectivity index (χ1n) is 8.42. The summed E-state index contributed by atoms with van der Waals surface area (Å²) in [7, 11) is -9.01. The minimum absolute atomic E-state index is 0.0877. The summed E-state index contributed by atoms with van der Waals surface area (Å²) >= 11 is 0. The van der Waals surface area contributed by atoms with Crippen LogP contribution in [0.25, 0.3) is 0 Å². The summed E-state index contributed by atoms with van der Waals surface area (Å²) in [4.78, 5) is 10.8. The molecule has 2 aromatic rings. The van der Waals surface area contributed by atoms with Crippen molar-refractivity contribution in [3.05, 3.63) is 36.0 Å². The fraction of sp³-hybridized carbons (Fsp3) is 0.312. The molecular formula is C16H14F3N5O5S2. The average Bonchev–Trinajstić information content (AvgIpc) is 3.21. The third kappa shape index (κ3) is 4.35. The first-order valence-corrected chi connectivity index (χ1v) is 11.7. The maximum atomic E-state index is 12.6. The van der Waals surface area contributed by atoms with E-state index in [1.165, 1.54) is 6.20 Å². The number of carbonyl (C=O) groups excluding carboxylic acids is 1. The molecular weight excluding hydrogens is 463 g/mol. The molecule has 0 saturated carbocycles. The second kappa shape index (κ2) is 7.54. The van der Waals surface area contributed by atoms with Crippen LogP contribution in [0, 0.1) is 17.2 Å². The molecule has 1 saturated heterocycles. The molecule has 1 amide bonds. The Morgan fingerprint density at radius 3 is 2.39 bits per heavy atom. The highest BCUT2D eigenvalue weighted by molar-refractivity contribution is 7.92. The zero-order valence-corrected chi connectivity index (χ0v) is 17.0. The third-order valence-corrected chi connectivity index (χ3v) is 7.78. The van der Waals surface area contributed by atoms with E-state index >= 15 is 0 Å². The van der Waals surface area contributed by atoms with E-state index in [-0.39, 0.29) is 28.6 Å². The number of amides is 1. The van der Waals surface area contributed by atoms with Crippen molar-refractivity contribution in [3.8, 4) is 6.07 Å². The molecule has 1 aliphatic heterocycles. The van der Waals surface area contributed by atoms with Gasteiger partial charge in [0.15, 0.2) is 15.7 Å². The van der Waals surface area contributed by atoms with Crippen LogP contribution >= 0.6 is 0 Å². The fourth-order valence-corrected chi connectivity index (χ4v) is 5.68.